The summed E-state index contributed by atoms with van der Waals surface area (Å²) in [6.45, 7) is 3.07. The fraction of sp³-hybridized carbons (Fsp3) is 0.455. The van der Waals surface area contributed by atoms with Crippen LogP contribution in [0.25, 0.3) is 0 Å². The number of carbonyl (C=O) groups is 1. The average molecular weight is 413 g/mol. The highest BCUT2D eigenvalue weighted by atomic mass is 32.1. The Hall–Kier alpha value is -2.43. The number of thiophene rings is 1. The van der Waals surface area contributed by atoms with Gasteiger partial charge in [-0.3, -0.25) is 9.69 Å². The molecule has 2 aromatic rings. The normalized spacial score (nSPS) is 17.3. The molecular formula is C22H25FN4OS. The van der Waals surface area contributed by atoms with Gasteiger partial charge in [-0.15, -0.1) is 11.3 Å². The molecule has 1 aliphatic carbocycles. The zero-order chi connectivity index (χ0) is 20.2. The number of hydrogen-bond donors (Lipinski definition) is 1. The minimum atomic E-state index is -0.208. The number of fused-ring (bicyclic) bond motifs is 1. The molecule has 2 heterocycles. The molecule has 5 nitrogen and oxygen atoms in total. The highest BCUT2D eigenvalue weighted by molar-refractivity contribution is 7.16. The first kappa shape index (κ1) is 19.9. The van der Waals surface area contributed by atoms with Gasteiger partial charge in [-0.2, -0.15) is 5.26 Å². The first-order chi connectivity index (χ1) is 14.2. The van der Waals surface area contributed by atoms with Gasteiger partial charge in [0, 0.05) is 31.1 Å². The molecule has 0 unspecified atom stereocenters. The molecule has 4 rings (SSSR count). The third-order valence-corrected chi connectivity index (χ3v) is 6.93. The minimum Gasteiger partial charge on any atom is -0.367 e. The molecule has 1 aromatic carbocycles. The van der Waals surface area contributed by atoms with E-state index in [0.29, 0.717) is 49.0 Å². The van der Waals surface area contributed by atoms with Gasteiger partial charge in [0.2, 0.25) is 5.91 Å². The highest BCUT2D eigenvalue weighted by Crippen LogP contribution is 2.37. The Kier molecular flexibility index (Phi) is 6.12. The molecule has 152 valence electrons. The monoisotopic (exact) mass is 412 g/mol. The van der Waals surface area contributed by atoms with Crippen LogP contribution in [0.4, 0.5) is 15.1 Å². The summed E-state index contributed by atoms with van der Waals surface area (Å²) in [7, 11) is 0. The lowest BCUT2D eigenvalue weighted by atomic mass is 10.1. The van der Waals surface area contributed by atoms with E-state index in [9.17, 15) is 14.4 Å². The Bertz CT molecular complexity index is 927. The van der Waals surface area contributed by atoms with Crippen molar-refractivity contribution in [3.8, 4) is 6.07 Å². The number of nitriles is 1. The smallest absolute Gasteiger partial charge is 0.239 e. The summed E-state index contributed by atoms with van der Waals surface area (Å²) in [4.78, 5) is 18.0. The third-order valence-electron chi connectivity index (χ3n) is 5.72. The van der Waals surface area contributed by atoms with Crippen LogP contribution in [0, 0.1) is 17.1 Å². The molecule has 0 radical (unpaired) electrons. The average Bonchev–Trinajstić information content (AvgIpc) is 2.88. The fourth-order valence-electron chi connectivity index (χ4n) is 4.17. The lowest BCUT2D eigenvalue weighted by Gasteiger charge is -2.35. The van der Waals surface area contributed by atoms with Gasteiger partial charge >= 0.3 is 0 Å². The molecule has 1 aliphatic heterocycles. The summed E-state index contributed by atoms with van der Waals surface area (Å²) in [6, 6.07) is 9.11. The van der Waals surface area contributed by atoms with Gasteiger partial charge in [0.05, 0.1) is 17.8 Å². The Morgan fingerprint density at radius 3 is 2.66 bits per heavy atom. The van der Waals surface area contributed by atoms with Gasteiger partial charge in [-0.1, -0.05) is 18.6 Å². The lowest BCUT2D eigenvalue weighted by Crippen LogP contribution is -2.48. The van der Waals surface area contributed by atoms with E-state index in [1.807, 2.05) is 11.0 Å². The van der Waals surface area contributed by atoms with Gasteiger partial charge in [-0.25, -0.2) is 4.39 Å². The van der Waals surface area contributed by atoms with Crippen LogP contribution in [-0.2, 0) is 17.6 Å². The third kappa shape index (κ3) is 4.44. The summed E-state index contributed by atoms with van der Waals surface area (Å²) in [5.41, 5.74) is 2.42. The summed E-state index contributed by atoms with van der Waals surface area (Å²) in [6.07, 6.45) is 5.40. The fourth-order valence-corrected chi connectivity index (χ4v) is 5.43. The summed E-state index contributed by atoms with van der Waals surface area (Å²) in [5, 5.41) is 13.3. The number of carbonyl (C=O) groups excluding carboxylic acids is 1. The second-order valence-corrected chi connectivity index (χ2v) is 8.75. The van der Waals surface area contributed by atoms with Crippen LogP contribution < -0.4 is 10.2 Å². The molecule has 1 saturated heterocycles. The van der Waals surface area contributed by atoms with Crippen molar-refractivity contribution in [2.24, 2.45) is 0 Å². The zero-order valence-electron chi connectivity index (χ0n) is 16.4. The van der Waals surface area contributed by atoms with Crippen molar-refractivity contribution < 1.29 is 9.18 Å². The summed E-state index contributed by atoms with van der Waals surface area (Å²) < 4.78 is 14.0. The first-order valence-corrected chi connectivity index (χ1v) is 11.0. The largest absolute Gasteiger partial charge is 0.367 e. The number of anilines is 2. The van der Waals surface area contributed by atoms with Gasteiger partial charge < -0.3 is 10.2 Å². The van der Waals surface area contributed by atoms with Gasteiger partial charge in [-0.05, 0) is 43.4 Å². The number of rotatable bonds is 4. The Morgan fingerprint density at radius 1 is 1.14 bits per heavy atom. The highest BCUT2D eigenvalue weighted by Gasteiger charge is 2.23. The SMILES string of the molecule is N#Cc1c(NC(=O)CN2CCN(c3ccccc3F)CC2)sc2c1CCCCC2. The predicted octanol–water partition coefficient (Wildman–Crippen LogP) is 3.79. The van der Waals surface area contributed by atoms with Gasteiger partial charge in [0.15, 0.2) is 0 Å². The molecule has 0 spiro atoms. The van der Waals surface area contributed by atoms with Crippen LogP contribution in [0.5, 0.6) is 0 Å². The number of halogens is 1. The molecule has 1 amide bonds. The minimum absolute atomic E-state index is 0.0859. The molecule has 1 aromatic heterocycles. The van der Waals surface area contributed by atoms with Crippen LogP contribution >= 0.6 is 11.3 Å². The van der Waals surface area contributed by atoms with Crippen LogP contribution in [0.3, 0.4) is 0 Å². The van der Waals surface area contributed by atoms with Crippen LogP contribution in [0.15, 0.2) is 24.3 Å². The first-order valence-electron chi connectivity index (χ1n) is 10.2. The predicted molar refractivity (Wildman–Crippen MR) is 114 cm³/mol. The molecule has 29 heavy (non-hydrogen) atoms. The van der Waals surface area contributed by atoms with Crippen LogP contribution in [-0.4, -0.2) is 43.5 Å². The molecule has 0 atom stereocenters. The van der Waals surface area contributed by atoms with Crippen molar-refractivity contribution >= 4 is 27.9 Å². The van der Waals surface area contributed by atoms with E-state index in [1.165, 1.54) is 17.4 Å². The molecule has 0 bridgehead atoms. The van der Waals surface area contributed by atoms with Crippen molar-refractivity contribution in [1.29, 1.82) is 5.26 Å². The quantitative estimate of drug-likeness (QED) is 0.777. The number of para-hydroxylation sites is 1. The van der Waals surface area contributed by atoms with Crippen molar-refractivity contribution in [2.45, 2.75) is 32.1 Å². The van der Waals surface area contributed by atoms with Gasteiger partial charge in [0.25, 0.3) is 0 Å². The zero-order valence-corrected chi connectivity index (χ0v) is 17.2. The number of piperazine rings is 1. The van der Waals surface area contributed by atoms with E-state index in [0.717, 1.165) is 31.2 Å². The molecule has 1 N–H and O–H groups in total. The molecular weight excluding hydrogens is 387 g/mol. The number of hydrogen-bond acceptors (Lipinski definition) is 5. The van der Waals surface area contributed by atoms with E-state index in [1.54, 1.807) is 23.5 Å². The van der Waals surface area contributed by atoms with Crippen molar-refractivity contribution in [2.75, 3.05) is 42.9 Å². The summed E-state index contributed by atoms with van der Waals surface area (Å²) in [5.74, 6) is -0.294. The van der Waals surface area contributed by atoms with Crippen molar-refractivity contribution in [3.63, 3.8) is 0 Å². The number of aryl methyl sites for hydroxylation is 1. The Labute approximate surface area is 174 Å². The van der Waals surface area contributed by atoms with E-state index in [-0.39, 0.29) is 11.7 Å². The standard InChI is InChI=1S/C22H25FN4OS/c23-18-7-4-5-8-19(18)27-12-10-26(11-13-27)15-21(28)25-22-17(14-24)16-6-2-1-3-9-20(16)29-22/h4-5,7-8H,1-3,6,9-13,15H2,(H,25,28). The summed E-state index contributed by atoms with van der Waals surface area (Å²) >= 11 is 1.57. The van der Waals surface area contributed by atoms with Crippen LogP contribution in [0.1, 0.15) is 35.3 Å². The number of benzene rings is 1. The van der Waals surface area contributed by atoms with E-state index >= 15 is 0 Å². The maximum Gasteiger partial charge on any atom is 0.239 e. The maximum absolute atomic E-state index is 14.0. The number of amides is 1. The van der Waals surface area contributed by atoms with Crippen molar-refractivity contribution in [1.82, 2.24) is 4.90 Å². The van der Waals surface area contributed by atoms with E-state index in [4.69, 9.17) is 0 Å². The molecule has 1 fully saturated rings. The second-order valence-electron chi connectivity index (χ2n) is 7.64. The number of nitrogens with one attached hydrogen (secondary N) is 1. The van der Waals surface area contributed by atoms with Gasteiger partial charge in [0.1, 0.15) is 16.9 Å². The van der Waals surface area contributed by atoms with Crippen molar-refractivity contribution in [3.05, 3.63) is 46.1 Å². The van der Waals surface area contributed by atoms with E-state index in [2.05, 4.69) is 16.3 Å². The second kappa shape index (κ2) is 8.93. The molecule has 0 saturated carbocycles. The Balaban J connectivity index is 1.34. The van der Waals surface area contributed by atoms with E-state index < -0.39 is 0 Å². The topological polar surface area (TPSA) is 59.4 Å². The molecule has 7 heteroatoms. The lowest BCUT2D eigenvalue weighted by molar-refractivity contribution is -0.117. The number of nitrogens with zero attached hydrogens (tertiary/aromatic N) is 3. The molecule has 2 aliphatic rings. The maximum atomic E-state index is 14.0. The van der Waals surface area contributed by atoms with Crippen LogP contribution in [0.2, 0.25) is 0 Å². The Morgan fingerprint density at radius 2 is 1.90 bits per heavy atom.